The normalized spacial score (nSPS) is 14.3. The third-order valence-corrected chi connectivity index (χ3v) is 11.2. The zero-order chi connectivity index (χ0) is 22.6. The van der Waals surface area contributed by atoms with Crippen LogP contribution in [0.4, 0.5) is 0 Å². The molecule has 0 fully saturated rings. The number of fused-ring (bicyclic) bond motifs is 11. The zero-order valence-corrected chi connectivity index (χ0v) is 21.6. The number of hydrogen-bond donors (Lipinski definition) is 0. The van der Waals surface area contributed by atoms with Crippen molar-refractivity contribution in [1.82, 2.24) is 0 Å². The molecular weight excluding hydrogens is 497 g/mol. The van der Waals surface area contributed by atoms with E-state index in [1.807, 2.05) is 45.3 Å². The molecule has 8 rings (SSSR count). The molecule has 0 atom stereocenters. The second-order valence-corrected chi connectivity index (χ2v) is 13.3. The van der Waals surface area contributed by atoms with Crippen molar-refractivity contribution in [2.45, 2.75) is 13.8 Å². The third kappa shape index (κ3) is 2.57. The van der Waals surface area contributed by atoms with Crippen LogP contribution < -0.4 is 21.4 Å². The third-order valence-electron chi connectivity index (χ3n) is 6.48. The Balaban J connectivity index is 1.59. The fourth-order valence-electron chi connectivity index (χ4n) is 5.03. The SMILES string of the molecule is Cc1ccc(-c2cc3c4c(c5c6sc(-c7ccc(C)s7)cc6c6c(c5c3s2)=NCN=6)=NCN=4)s1. The van der Waals surface area contributed by atoms with Crippen molar-refractivity contribution in [3.05, 3.63) is 67.6 Å². The maximum atomic E-state index is 4.90. The average molecular weight is 513 g/mol. The fourth-order valence-corrected chi connectivity index (χ4v) is 9.35. The fraction of sp³-hybridized carbons (Fsp3) is 0.154. The van der Waals surface area contributed by atoms with Crippen LogP contribution in [0.3, 0.4) is 0 Å². The summed E-state index contributed by atoms with van der Waals surface area (Å²) >= 11 is 7.39. The molecule has 34 heavy (non-hydrogen) atoms. The molecule has 0 amide bonds. The predicted molar refractivity (Wildman–Crippen MR) is 145 cm³/mol. The molecule has 0 saturated carbocycles. The van der Waals surface area contributed by atoms with Gasteiger partial charge in [-0.05, 0) is 50.2 Å². The van der Waals surface area contributed by atoms with Crippen LogP contribution in [-0.4, -0.2) is 13.3 Å². The highest BCUT2D eigenvalue weighted by Gasteiger charge is 2.22. The second kappa shape index (κ2) is 6.88. The van der Waals surface area contributed by atoms with Crippen LogP contribution >= 0.6 is 45.3 Å². The lowest BCUT2D eigenvalue weighted by molar-refractivity contribution is 1.06. The summed E-state index contributed by atoms with van der Waals surface area (Å²) in [5, 5.41) is 8.94. The van der Waals surface area contributed by atoms with Gasteiger partial charge in [0.2, 0.25) is 0 Å². The van der Waals surface area contributed by atoms with Gasteiger partial charge in [0, 0.05) is 60.2 Å². The minimum Gasteiger partial charge on any atom is -0.259 e. The Morgan fingerprint density at radius 1 is 0.529 bits per heavy atom. The predicted octanol–water partition coefficient (Wildman–Crippen LogP) is 5.76. The van der Waals surface area contributed by atoms with Crippen molar-refractivity contribution < 1.29 is 0 Å². The lowest BCUT2D eigenvalue weighted by Gasteiger charge is -2.03. The summed E-state index contributed by atoms with van der Waals surface area (Å²) in [4.78, 5) is 27.4. The molecule has 2 aromatic carbocycles. The van der Waals surface area contributed by atoms with E-state index >= 15 is 0 Å². The first kappa shape index (κ1) is 19.5. The van der Waals surface area contributed by atoms with Gasteiger partial charge in [-0.25, -0.2) is 0 Å². The smallest absolute Gasteiger partial charge is 0.130 e. The summed E-state index contributed by atoms with van der Waals surface area (Å²) in [5.74, 6) is 0. The van der Waals surface area contributed by atoms with Crippen molar-refractivity contribution in [3.63, 3.8) is 0 Å². The summed E-state index contributed by atoms with van der Waals surface area (Å²) in [6.45, 7) is 5.32. The number of rotatable bonds is 2. The minimum atomic E-state index is 0.495. The number of aryl methyl sites for hydroxylation is 2. The van der Waals surface area contributed by atoms with Gasteiger partial charge in [-0.1, -0.05) is 0 Å². The highest BCUT2D eigenvalue weighted by Crippen LogP contribution is 2.41. The Morgan fingerprint density at radius 2 is 0.971 bits per heavy atom. The van der Waals surface area contributed by atoms with Crippen LogP contribution in [-0.2, 0) is 0 Å². The molecule has 0 N–H and O–H groups in total. The van der Waals surface area contributed by atoms with E-state index in [4.69, 9.17) is 20.0 Å². The van der Waals surface area contributed by atoms with E-state index in [9.17, 15) is 0 Å². The van der Waals surface area contributed by atoms with Gasteiger partial charge in [0.05, 0.1) is 21.4 Å². The van der Waals surface area contributed by atoms with Gasteiger partial charge in [0.15, 0.2) is 0 Å². The van der Waals surface area contributed by atoms with E-state index in [0.717, 1.165) is 21.4 Å². The molecule has 4 aromatic heterocycles. The molecule has 0 aliphatic carbocycles. The zero-order valence-electron chi connectivity index (χ0n) is 18.3. The topological polar surface area (TPSA) is 49.4 Å². The van der Waals surface area contributed by atoms with Crippen LogP contribution in [0.15, 0.2) is 56.4 Å². The molecule has 6 heterocycles. The first-order valence-corrected chi connectivity index (χ1v) is 14.3. The second-order valence-electron chi connectivity index (χ2n) is 8.59. The molecule has 4 nitrogen and oxygen atoms in total. The molecule has 0 spiro atoms. The van der Waals surface area contributed by atoms with Crippen LogP contribution in [0.25, 0.3) is 50.5 Å². The Morgan fingerprint density at radius 3 is 1.38 bits per heavy atom. The van der Waals surface area contributed by atoms with Crippen molar-refractivity contribution >= 4 is 76.3 Å². The molecule has 6 aromatic rings. The van der Waals surface area contributed by atoms with Crippen LogP contribution in [0.1, 0.15) is 9.75 Å². The number of benzene rings is 2. The van der Waals surface area contributed by atoms with E-state index in [1.54, 1.807) is 0 Å². The summed E-state index contributed by atoms with van der Waals surface area (Å²) in [7, 11) is 0. The van der Waals surface area contributed by atoms with E-state index in [0.29, 0.717) is 13.3 Å². The standard InChI is InChI=1S/C26H16N4S4/c1-11-3-5-15(31-11)17-7-13-21-24(30-9-27-21)20-19(25(13)33-17)23-22(28-10-29-23)14-8-18(34-26(14)20)16-6-4-12(2)32-16/h3-8H,9-10H2,1-2H3. The molecule has 8 heteroatoms. The summed E-state index contributed by atoms with van der Waals surface area (Å²) in [5.41, 5.74) is 0. The molecule has 2 aliphatic rings. The van der Waals surface area contributed by atoms with Gasteiger partial charge < -0.3 is 0 Å². The van der Waals surface area contributed by atoms with E-state index in [-0.39, 0.29) is 0 Å². The van der Waals surface area contributed by atoms with Crippen molar-refractivity contribution in [2.24, 2.45) is 20.0 Å². The largest absolute Gasteiger partial charge is 0.259 e. The monoisotopic (exact) mass is 512 g/mol. The minimum absolute atomic E-state index is 0.495. The summed E-state index contributed by atoms with van der Waals surface area (Å²) in [6.07, 6.45) is 0. The summed E-state index contributed by atoms with van der Waals surface area (Å²) < 4.78 is 2.52. The quantitative estimate of drug-likeness (QED) is 0.283. The van der Waals surface area contributed by atoms with Crippen LogP contribution in [0.2, 0.25) is 0 Å². The van der Waals surface area contributed by atoms with E-state index in [1.165, 1.54) is 60.2 Å². The molecule has 0 unspecified atom stereocenters. The summed E-state index contributed by atoms with van der Waals surface area (Å²) in [6, 6.07) is 13.5. The Bertz CT molecular complexity index is 1950. The number of nitrogens with zero attached hydrogens (tertiary/aromatic N) is 4. The molecule has 164 valence electrons. The molecular formula is C26H16N4S4. The maximum Gasteiger partial charge on any atom is 0.130 e. The molecule has 0 radical (unpaired) electrons. The molecule has 2 aliphatic heterocycles. The van der Waals surface area contributed by atoms with Crippen LogP contribution in [0, 0.1) is 13.8 Å². The Labute approximate surface area is 209 Å². The van der Waals surface area contributed by atoms with Gasteiger partial charge in [0.1, 0.15) is 13.3 Å². The first-order valence-electron chi connectivity index (χ1n) is 11.0. The molecule has 0 saturated heterocycles. The number of hydrogen-bond acceptors (Lipinski definition) is 8. The molecule has 0 bridgehead atoms. The number of thiophene rings is 4. The van der Waals surface area contributed by atoms with E-state index in [2.05, 4.69) is 50.2 Å². The lowest BCUT2D eigenvalue weighted by atomic mass is 10.0. The highest BCUT2D eigenvalue weighted by molar-refractivity contribution is 7.28. The van der Waals surface area contributed by atoms with Crippen molar-refractivity contribution in [3.8, 4) is 19.5 Å². The van der Waals surface area contributed by atoms with Gasteiger partial charge >= 0.3 is 0 Å². The van der Waals surface area contributed by atoms with Crippen molar-refractivity contribution in [1.29, 1.82) is 0 Å². The average Bonchev–Trinajstić information content (AvgIpc) is 3.64. The maximum absolute atomic E-state index is 4.90. The lowest BCUT2D eigenvalue weighted by Crippen LogP contribution is -2.30. The first-order chi connectivity index (χ1) is 16.7. The van der Waals surface area contributed by atoms with Crippen LogP contribution in [0.5, 0.6) is 0 Å². The van der Waals surface area contributed by atoms with Gasteiger partial charge in [-0.15, -0.1) is 45.3 Å². The van der Waals surface area contributed by atoms with Gasteiger partial charge in [0.25, 0.3) is 0 Å². The Hall–Kier alpha value is -2.78. The van der Waals surface area contributed by atoms with Gasteiger partial charge in [-0.2, -0.15) is 0 Å². The highest BCUT2D eigenvalue weighted by atomic mass is 32.1. The van der Waals surface area contributed by atoms with Gasteiger partial charge in [-0.3, -0.25) is 20.0 Å². The van der Waals surface area contributed by atoms with E-state index < -0.39 is 0 Å². The Kier molecular flexibility index (Phi) is 3.95. The van der Waals surface area contributed by atoms with Crippen molar-refractivity contribution in [2.75, 3.05) is 13.3 Å².